The number of nitrogens with one attached hydrogen (secondary N) is 2. The quantitative estimate of drug-likeness (QED) is 0.458. The van der Waals surface area contributed by atoms with E-state index in [2.05, 4.69) is 10.6 Å². The molecule has 2 rings (SSSR count). The largest absolute Gasteiger partial charge is 0.497 e. The number of ether oxygens (including phenoxy) is 3. The number of thiocarbonyl (C=S) groups is 1. The SMILES string of the molecule is COc1ccc(OC)c(NC(=S)Nc2ccc(OC)cc2[N+](=O)[O-])c1. The average molecular weight is 363 g/mol. The summed E-state index contributed by atoms with van der Waals surface area (Å²) in [6.07, 6.45) is 0. The number of nitro benzene ring substituents is 1. The van der Waals surface area contributed by atoms with Gasteiger partial charge in [-0.05, 0) is 36.5 Å². The third kappa shape index (κ3) is 4.48. The lowest BCUT2D eigenvalue weighted by Crippen LogP contribution is -2.20. The molecule has 0 saturated carbocycles. The van der Waals surface area contributed by atoms with Crippen LogP contribution < -0.4 is 24.8 Å². The van der Waals surface area contributed by atoms with Gasteiger partial charge in [0.1, 0.15) is 22.9 Å². The molecule has 0 amide bonds. The predicted octanol–water partition coefficient (Wildman–Crippen LogP) is 3.43. The molecule has 0 unspecified atom stereocenters. The van der Waals surface area contributed by atoms with Crippen molar-refractivity contribution >= 4 is 34.4 Å². The highest BCUT2D eigenvalue weighted by Gasteiger charge is 2.16. The molecule has 0 spiro atoms. The van der Waals surface area contributed by atoms with Crippen LogP contribution >= 0.6 is 12.2 Å². The van der Waals surface area contributed by atoms with Crippen molar-refractivity contribution in [2.45, 2.75) is 0 Å². The minimum absolute atomic E-state index is 0.152. The molecule has 0 bridgehead atoms. The second-order valence-corrected chi connectivity index (χ2v) is 5.19. The van der Waals surface area contributed by atoms with E-state index in [4.69, 9.17) is 26.4 Å². The monoisotopic (exact) mass is 363 g/mol. The molecule has 132 valence electrons. The van der Waals surface area contributed by atoms with Crippen molar-refractivity contribution in [2.75, 3.05) is 32.0 Å². The van der Waals surface area contributed by atoms with Crippen molar-refractivity contribution in [3.05, 3.63) is 46.5 Å². The Morgan fingerprint density at radius 3 is 2.16 bits per heavy atom. The number of nitro groups is 1. The molecule has 0 heterocycles. The van der Waals surface area contributed by atoms with Crippen molar-refractivity contribution in [3.8, 4) is 17.2 Å². The van der Waals surface area contributed by atoms with E-state index in [0.717, 1.165) is 0 Å². The van der Waals surface area contributed by atoms with Crippen LogP contribution in [-0.2, 0) is 0 Å². The van der Waals surface area contributed by atoms with E-state index in [1.54, 1.807) is 31.4 Å². The number of anilines is 2. The first kappa shape index (κ1) is 18.3. The first-order valence-corrected chi connectivity index (χ1v) is 7.51. The van der Waals surface area contributed by atoms with E-state index in [0.29, 0.717) is 22.9 Å². The molecule has 9 heteroatoms. The van der Waals surface area contributed by atoms with Gasteiger partial charge in [-0.15, -0.1) is 0 Å². The van der Waals surface area contributed by atoms with Gasteiger partial charge >= 0.3 is 0 Å². The van der Waals surface area contributed by atoms with Crippen molar-refractivity contribution in [3.63, 3.8) is 0 Å². The molecule has 0 atom stereocenters. The van der Waals surface area contributed by atoms with Crippen molar-refractivity contribution < 1.29 is 19.1 Å². The van der Waals surface area contributed by atoms with Crippen LogP contribution in [0.5, 0.6) is 17.2 Å². The Bertz CT molecular complexity index is 797. The fourth-order valence-corrected chi connectivity index (χ4v) is 2.30. The maximum Gasteiger partial charge on any atom is 0.296 e. The molecule has 0 aromatic heterocycles. The predicted molar refractivity (Wildman–Crippen MR) is 99.0 cm³/mol. The highest BCUT2D eigenvalue weighted by Crippen LogP contribution is 2.31. The van der Waals surface area contributed by atoms with Crippen LogP contribution in [0.25, 0.3) is 0 Å². The summed E-state index contributed by atoms with van der Waals surface area (Å²) in [5, 5.41) is 17.1. The van der Waals surface area contributed by atoms with Gasteiger partial charge in [0.15, 0.2) is 5.11 Å². The maximum atomic E-state index is 11.2. The zero-order valence-electron chi connectivity index (χ0n) is 13.9. The summed E-state index contributed by atoms with van der Waals surface area (Å²) in [4.78, 5) is 10.7. The number of hydrogen-bond acceptors (Lipinski definition) is 6. The molecule has 8 nitrogen and oxygen atoms in total. The summed E-state index contributed by atoms with van der Waals surface area (Å²) in [7, 11) is 4.51. The molecule has 25 heavy (non-hydrogen) atoms. The van der Waals surface area contributed by atoms with Gasteiger partial charge in [-0.25, -0.2) is 0 Å². The minimum Gasteiger partial charge on any atom is -0.497 e. The van der Waals surface area contributed by atoms with Gasteiger partial charge in [-0.1, -0.05) is 0 Å². The van der Waals surface area contributed by atoms with E-state index in [1.807, 2.05) is 0 Å². The first-order valence-electron chi connectivity index (χ1n) is 7.11. The number of methoxy groups -OCH3 is 3. The van der Waals surface area contributed by atoms with Gasteiger partial charge < -0.3 is 24.8 Å². The van der Waals surface area contributed by atoms with Crippen LogP contribution in [0.1, 0.15) is 0 Å². The van der Waals surface area contributed by atoms with Crippen LogP contribution in [0.2, 0.25) is 0 Å². The third-order valence-electron chi connectivity index (χ3n) is 3.30. The van der Waals surface area contributed by atoms with Gasteiger partial charge in [0, 0.05) is 6.07 Å². The number of hydrogen-bond donors (Lipinski definition) is 2. The Balaban J connectivity index is 2.22. The lowest BCUT2D eigenvalue weighted by molar-refractivity contribution is -0.384. The fourth-order valence-electron chi connectivity index (χ4n) is 2.08. The number of benzene rings is 2. The normalized spacial score (nSPS) is 9.88. The maximum absolute atomic E-state index is 11.2. The smallest absolute Gasteiger partial charge is 0.296 e. The lowest BCUT2D eigenvalue weighted by Gasteiger charge is -2.14. The zero-order chi connectivity index (χ0) is 18.4. The molecule has 0 aliphatic carbocycles. The molecule has 2 aromatic carbocycles. The van der Waals surface area contributed by atoms with Crippen LogP contribution in [-0.4, -0.2) is 31.4 Å². The Morgan fingerprint density at radius 1 is 0.960 bits per heavy atom. The Morgan fingerprint density at radius 2 is 1.56 bits per heavy atom. The molecule has 0 aliphatic heterocycles. The number of rotatable bonds is 6. The highest BCUT2D eigenvalue weighted by atomic mass is 32.1. The molecule has 0 aliphatic rings. The van der Waals surface area contributed by atoms with Crippen LogP contribution in [0.3, 0.4) is 0 Å². The second-order valence-electron chi connectivity index (χ2n) is 4.79. The summed E-state index contributed by atoms with van der Waals surface area (Å²) in [5.74, 6) is 1.54. The van der Waals surface area contributed by atoms with E-state index in [1.165, 1.54) is 26.4 Å². The molecular formula is C16H17N3O5S. The average Bonchev–Trinajstić information content (AvgIpc) is 2.61. The van der Waals surface area contributed by atoms with Crippen LogP contribution in [0.4, 0.5) is 17.1 Å². The van der Waals surface area contributed by atoms with Crippen LogP contribution in [0, 0.1) is 10.1 Å². The minimum atomic E-state index is -0.514. The summed E-state index contributed by atoms with van der Waals surface area (Å²) in [6.45, 7) is 0. The van der Waals surface area contributed by atoms with Gasteiger partial charge in [0.2, 0.25) is 0 Å². The molecular weight excluding hydrogens is 346 g/mol. The molecule has 2 N–H and O–H groups in total. The van der Waals surface area contributed by atoms with Gasteiger partial charge in [-0.2, -0.15) is 0 Å². The summed E-state index contributed by atoms with van der Waals surface area (Å²) in [6, 6.07) is 9.61. The number of nitrogens with zero attached hydrogens (tertiary/aromatic N) is 1. The summed E-state index contributed by atoms with van der Waals surface area (Å²) >= 11 is 5.24. The standard InChI is InChI=1S/C16H17N3O5S/c1-22-10-5-7-15(24-3)13(8-10)18-16(25)17-12-6-4-11(23-2)9-14(12)19(20)21/h4-9H,1-3H3,(H2,17,18,25). The Labute approximate surface area is 149 Å². The Hall–Kier alpha value is -3.07. The summed E-state index contributed by atoms with van der Waals surface area (Å²) < 4.78 is 15.4. The van der Waals surface area contributed by atoms with E-state index < -0.39 is 4.92 Å². The van der Waals surface area contributed by atoms with Crippen molar-refractivity contribution in [1.29, 1.82) is 0 Å². The zero-order valence-corrected chi connectivity index (χ0v) is 14.7. The topological polar surface area (TPSA) is 94.9 Å². The Kier molecular flexibility index (Phi) is 5.96. The molecule has 2 aromatic rings. The third-order valence-corrected chi connectivity index (χ3v) is 3.51. The second kappa shape index (κ2) is 8.15. The van der Waals surface area contributed by atoms with Crippen molar-refractivity contribution in [1.82, 2.24) is 0 Å². The van der Waals surface area contributed by atoms with E-state index in [-0.39, 0.29) is 16.5 Å². The van der Waals surface area contributed by atoms with E-state index in [9.17, 15) is 10.1 Å². The lowest BCUT2D eigenvalue weighted by atomic mass is 10.2. The molecule has 0 radical (unpaired) electrons. The van der Waals surface area contributed by atoms with Crippen molar-refractivity contribution in [2.24, 2.45) is 0 Å². The fraction of sp³-hybridized carbons (Fsp3) is 0.188. The van der Waals surface area contributed by atoms with Gasteiger partial charge in [0.05, 0.1) is 38.0 Å². The van der Waals surface area contributed by atoms with E-state index >= 15 is 0 Å². The van der Waals surface area contributed by atoms with Gasteiger partial charge in [-0.3, -0.25) is 10.1 Å². The summed E-state index contributed by atoms with van der Waals surface area (Å²) in [5.41, 5.74) is 0.654. The first-order chi connectivity index (χ1) is 12.0. The van der Waals surface area contributed by atoms with Crippen LogP contribution in [0.15, 0.2) is 36.4 Å². The van der Waals surface area contributed by atoms with Gasteiger partial charge in [0.25, 0.3) is 5.69 Å². The highest BCUT2D eigenvalue weighted by molar-refractivity contribution is 7.80. The molecule has 0 saturated heterocycles. The molecule has 0 fully saturated rings.